The summed E-state index contributed by atoms with van der Waals surface area (Å²) in [6, 6.07) is 1.47. The van der Waals surface area contributed by atoms with Crippen LogP contribution in [-0.4, -0.2) is 27.7 Å². The highest BCUT2D eigenvalue weighted by Crippen LogP contribution is 2.21. The van der Waals surface area contributed by atoms with Crippen molar-refractivity contribution in [2.45, 2.75) is 37.0 Å². The zero-order valence-corrected chi connectivity index (χ0v) is 12.3. The van der Waals surface area contributed by atoms with Crippen molar-refractivity contribution in [3.8, 4) is 0 Å². The largest absolute Gasteiger partial charge is 0.398 e. The van der Waals surface area contributed by atoms with Crippen molar-refractivity contribution in [1.82, 2.24) is 4.72 Å². The molecule has 0 aliphatic rings. The Bertz CT molecular complexity index is 455. The summed E-state index contributed by atoms with van der Waals surface area (Å²) in [5, 5.41) is 1.62. The number of unbranched alkanes of at least 4 members (excludes halogenated alkanes) is 1. The van der Waals surface area contributed by atoms with Crippen LogP contribution in [0.2, 0.25) is 0 Å². The standard InChI is InChI=1S/C11H20N2O3S2/c1-9(2)16-6-4-3-5-13-18(14,15)11-7-10(12)8-17-11/h7-9,13H,3-6,12H2,1-2H3. The van der Waals surface area contributed by atoms with Crippen LogP contribution in [0.4, 0.5) is 5.69 Å². The van der Waals surface area contributed by atoms with Gasteiger partial charge in [0.1, 0.15) is 4.21 Å². The summed E-state index contributed by atoms with van der Waals surface area (Å²) in [6.07, 6.45) is 1.82. The maximum atomic E-state index is 11.8. The first kappa shape index (κ1) is 15.4. The topological polar surface area (TPSA) is 81.4 Å². The Morgan fingerprint density at radius 3 is 2.72 bits per heavy atom. The highest BCUT2D eigenvalue weighted by Gasteiger charge is 2.15. The van der Waals surface area contributed by atoms with Crippen LogP contribution in [0, 0.1) is 0 Å². The van der Waals surface area contributed by atoms with E-state index in [1.165, 1.54) is 6.07 Å². The van der Waals surface area contributed by atoms with Gasteiger partial charge in [-0.2, -0.15) is 0 Å². The van der Waals surface area contributed by atoms with Gasteiger partial charge in [0.25, 0.3) is 0 Å². The van der Waals surface area contributed by atoms with E-state index < -0.39 is 10.0 Å². The van der Waals surface area contributed by atoms with Gasteiger partial charge in [-0.25, -0.2) is 13.1 Å². The van der Waals surface area contributed by atoms with Gasteiger partial charge >= 0.3 is 0 Å². The van der Waals surface area contributed by atoms with E-state index in [0.29, 0.717) is 18.8 Å². The van der Waals surface area contributed by atoms with E-state index >= 15 is 0 Å². The summed E-state index contributed by atoms with van der Waals surface area (Å²) < 4.78 is 31.8. The van der Waals surface area contributed by atoms with E-state index in [0.717, 1.165) is 24.2 Å². The number of nitrogens with one attached hydrogen (secondary N) is 1. The molecule has 0 saturated heterocycles. The van der Waals surface area contributed by atoms with Crippen molar-refractivity contribution >= 4 is 27.0 Å². The van der Waals surface area contributed by atoms with Crippen molar-refractivity contribution in [2.75, 3.05) is 18.9 Å². The third-order valence-corrected chi connectivity index (χ3v) is 5.09. The van der Waals surface area contributed by atoms with Gasteiger partial charge in [-0.1, -0.05) is 0 Å². The number of nitrogens with two attached hydrogens (primary N) is 1. The van der Waals surface area contributed by atoms with E-state index in [-0.39, 0.29) is 10.3 Å². The summed E-state index contributed by atoms with van der Waals surface area (Å²) in [6.45, 7) is 5.03. The quantitative estimate of drug-likeness (QED) is 0.716. The Morgan fingerprint density at radius 1 is 1.44 bits per heavy atom. The summed E-state index contributed by atoms with van der Waals surface area (Å²) in [4.78, 5) is 0. The molecule has 1 aromatic rings. The third-order valence-electron chi connectivity index (χ3n) is 2.17. The summed E-state index contributed by atoms with van der Waals surface area (Å²) in [7, 11) is -3.40. The van der Waals surface area contributed by atoms with Crippen LogP contribution in [0.1, 0.15) is 26.7 Å². The maximum Gasteiger partial charge on any atom is 0.250 e. The second kappa shape index (κ2) is 7.08. The lowest BCUT2D eigenvalue weighted by molar-refractivity contribution is 0.0762. The number of nitrogen functional groups attached to an aromatic ring is 1. The molecule has 7 heteroatoms. The molecule has 0 fully saturated rings. The molecule has 1 rings (SSSR count). The van der Waals surface area contributed by atoms with Crippen LogP contribution >= 0.6 is 11.3 Å². The number of hydrogen-bond acceptors (Lipinski definition) is 5. The fourth-order valence-electron chi connectivity index (χ4n) is 1.29. The van der Waals surface area contributed by atoms with Crippen LogP contribution < -0.4 is 10.5 Å². The average Bonchev–Trinajstić information content (AvgIpc) is 2.70. The van der Waals surface area contributed by atoms with Crippen LogP contribution in [0.15, 0.2) is 15.7 Å². The number of hydrogen-bond donors (Lipinski definition) is 2. The second-order valence-electron chi connectivity index (χ2n) is 4.22. The fraction of sp³-hybridized carbons (Fsp3) is 0.636. The molecule has 0 aromatic carbocycles. The van der Waals surface area contributed by atoms with Crippen LogP contribution in [-0.2, 0) is 14.8 Å². The Kier molecular flexibility index (Phi) is 6.07. The van der Waals surface area contributed by atoms with Gasteiger partial charge in [-0.05, 0) is 32.8 Å². The first-order valence-electron chi connectivity index (χ1n) is 5.87. The molecule has 0 radical (unpaired) electrons. The molecular formula is C11H20N2O3S2. The summed E-state index contributed by atoms with van der Waals surface area (Å²) >= 11 is 1.13. The predicted molar refractivity (Wildman–Crippen MR) is 74.2 cm³/mol. The van der Waals surface area contributed by atoms with Gasteiger partial charge in [0, 0.05) is 24.2 Å². The minimum atomic E-state index is -3.40. The van der Waals surface area contributed by atoms with Crippen molar-refractivity contribution in [3.05, 3.63) is 11.4 Å². The van der Waals surface area contributed by atoms with Gasteiger partial charge in [0.2, 0.25) is 10.0 Å². The highest BCUT2D eigenvalue weighted by molar-refractivity contribution is 7.91. The lowest BCUT2D eigenvalue weighted by Crippen LogP contribution is -2.24. The lowest BCUT2D eigenvalue weighted by atomic mass is 10.3. The van der Waals surface area contributed by atoms with Gasteiger partial charge < -0.3 is 10.5 Å². The minimum Gasteiger partial charge on any atom is -0.398 e. The maximum absolute atomic E-state index is 11.8. The van der Waals surface area contributed by atoms with E-state index in [1.807, 2.05) is 13.8 Å². The molecule has 0 atom stereocenters. The van der Waals surface area contributed by atoms with Crippen LogP contribution in [0.5, 0.6) is 0 Å². The molecule has 104 valence electrons. The molecule has 0 aliphatic heterocycles. The van der Waals surface area contributed by atoms with E-state index in [4.69, 9.17) is 10.5 Å². The zero-order valence-electron chi connectivity index (χ0n) is 10.7. The van der Waals surface area contributed by atoms with Crippen molar-refractivity contribution in [1.29, 1.82) is 0 Å². The molecule has 3 N–H and O–H groups in total. The van der Waals surface area contributed by atoms with E-state index in [9.17, 15) is 8.42 Å². The zero-order chi connectivity index (χ0) is 13.6. The smallest absolute Gasteiger partial charge is 0.250 e. The van der Waals surface area contributed by atoms with Crippen molar-refractivity contribution in [2.24, 2.45) is 0 Å². The molecule has 0 spiro atoms. The van der Waals surface area contributed by atoms with Gasteiger partial charge in [0.05, 0.1) is 6.10 Å². The van der Waals surface area contributed by atoms with Gasteiger partial charge in [-0.3, -0.25) is 0 Å². The molecule has 0 amide bonds. The number of sulfonamides is 1. The molecule has 0 saturated carbocycles. The molecule has 18 heavy (non-hydrogen) atoms. The van der Waals surface area contributed by atoms with E-state index in [1.54, 1.807) is 5.38 Å². The fourth-order valence-corrected chi connectivity index (χ4v) is 3.49. The number of anilines is 1. The normalized spacial score (nSPS) is 12.2. The van der Waals surface area contributed by atoms with Crippen LogP contribution in [0.3, 0.4) is 0 Å². The molecule has 0 bridgehead atoms. The molecule has 1 heterocycles. The van der Waals surface area contributed by atoms with Gasteiger partial charge in [-0.15, -0.1) is 11.3 Å². The Morgan fingerprint density at radius 2 is 2.17 bits per heavy atom. The average molecular weight is 292 g/mol. The first-order chi connectivity index (χ1) is 8.42. The number of ether oxygens (including phenoxy) is 1. The van der Waals surface area contributed by atoms with Crippen molar-refractivity contribution < 1.29 is 13.2 Å². The highest BCUT2D eigenvalue weighted by atomic mass is 32.2. The molecule has 0 aliphatic carbocycles. The molecule has 0 unspecified atom stereocenters. The third kappa shape index (κ3) is 5.34. The predicted octanol–water partition coefficient (Wildman–Crippen LogP) is 1.81. The monoisotopic (exact) mass is 292 g/mol. The molecular weight excluding hydrogens is 272 g/mol. The van der Waals surface area contributed by atoms with Crippen LogP contribution in [0.25, 0.3) is 0 Å². The van der Waals surface area contributed by atoms with E-state index in [2.05, 4.69) is 4.72 Å². The Hall–Kier alpha value is -0.630. The van der Waals surface area contributed by atoms with Crippen molar-refractivity contribution in [3.63, 3.8) is 0 Å². The SMILES string of the molecule is CC(C)OCCCCNS(=O)(=O)c1cc(N)cs1. The minimum absolute atomic E-state index is 0.218. The van der Waals surface area contributed by atoms with Gasteiger partial charge in [0.15, 0.2) is 0 Å². The molecule has 1 aromatic heterocycles. The Balaban J connectivity index is 2.26. The lowest BCUT2D eigenvalue weighted by Gasteiger charge is -2.07. The molecule has 5 nitrogen and oxygen atoms in total. The number of thiophene rings is 1. The summed E-state index contributed by atoms with van der Waals surface area (Å²) in [5.41, 5.74) is 5.98. The summed E-state index contributed by atoms with van der Waals surface area (Å²) in [5.74, 6) is 0. The first-order valence-corrected chi connectivity index (χ1v) is 8.23. The second-order valence-corrected chi connectivity index (χ2v) is 7.13. The Labute approximate surface area is 112 Å². The number of rotatable bonds is 8.